The topological polar surface area (TPSA) is 105 Å². The highest BCUT2D eigenvalue weighted by atomic mass is 16.6. The molecule has 2 amide bonds. The Morgan fingerprint density at radius 2 is 1.60 bits per heavy atom. The van der Waals surface area contributed by atoms with Gasteiger partial charge in [0.1, 0.15) is 11.9 Å². The number of carbonyl (C=O) groups excluding carboxylic acids is 2. The number of aromatic nitrogens is 2. The van der Waals surface area contributed by atoms with Crippen LogP contribution in [0.25, 0.3) is 0 Å². The molecule has 0 radical (unpaired) electrons. The van der Waals surface area contributed by atoms with Crippen molar-refractivity contribution in [3.8, 4) is 5.75 Å². The van der Waals surface area contributed by atoms with Gasteiger partial charge in [-0.3, -0.25) is 4.79 Å². The van der Waals surface area contributed by atoms with E-state index >= 15 is 0 Å². The molecule has 4 rings (SSSR count). The van der Waals surface area contributed by atoms with E-state index in [1.54, 1.807) is 0 Å². The van der Waals surface area contributed by atoms with Crippen molar-refractivity contribution in [1.29, 1.82) is 0 Å². The number of para-hydroxylation sites is 1. The maximum absolute atomic E-state index is 12.6. The number of anilines is 2. The summed E-state index contributed by atoms with van der Waals surface area (Å²) in [6, 6.07) is 17.7. The van der Waals surface area contributed by atoms with Crippen molar-refractivity contribution in [2.24, 2.45) is 0 Å². The van der Waals surface area contributed by atoms with Gasteiger partial charge in [0.05, 0.1) is 12.4 Å². The first-order valence-electron chi connectivity index (χ1n) is 9.57. The summed E-state index contributed by atoms with van der Waals surface area (Å²) < 4.78 is 5.10. The van der Waals surface area contributed by atoms with Crippen LogP contribution in [0, 0.1) is 0 Å². The zero-order chi connectivity index (χ0) is 20.8. The molecule has 1 aromatic heterocycles. The van der Waals surface area contributed by atoms with Crippen LogP contribution < -0.4 is 20.7 Å². The van der Waals surface area contributed by atoms with Crippen LogP contribution in [0.1, 0.15) is 18.4 Å². The minimum absolute atomic E-state index is 0.218. The minimum atomic E-state index is -0.915. The first-order valence-corrected chi connectivity index (χ1v) is 9.57. The Morgan fingerprint density at radius 3 is 2.27 bits per heavy atom. The summed E-state index contributed by atoms with van der Waals surface area (Å²) in [5.41, 5.74) is 2.02. The molecule has 1 saturated carbocycles. The van der Waals surface area contributed by atoms with Gasteiger partial charge in [-0.2, -0.15) is 0 Å². The largest absolute Gasteiger partial charge is 0.413 e. The fraction of sp³-hybridized carbons (Fsp3) is 0.182. The van der Waals surface area contributed by atoms with E-state index < -0.39 is 11.6 Å². The molecular weight excluding hydrogens is 382 g/mol. The maximum atomic E-state index is 12.6. The molecule has 3 N–H and O–H groups in total. The number of nitrogens with zero attached hydrogens (tertiary/aromatic N) is 2. The van der Waals surface area contributed by atoms with Gasteiger partial charge >= 0.3 is 6.09 Å². The Morgan fingerprint density at radius 1 is 0.933 bits per heavy atom. The van der Waals surface area contributed by atoms with Crippen molar-refractivity contribution in [3.05, 3.63) is 78.9 Å². The zero-order valence-electron chi connectivity index (χ0n) is 16.2. The molecule has 0 bridgehead atoms. The predicted molar refractivity (Wildman–Crippen MR) is 111 cm³/mol. The predicted octanol–water partition coefficient (Wildman–Crippen LogP) is 3.16. The van der Waals surface area contributed by atoms with Gasteiger partial charge in [-0.15, -0.1) is 0 Å². The van der Waals surface area contributed by atoms with Crippen molar-refractivity contribution >= 4 is 23.4 Å². The lowest BCUT2D eigenvalue weighted by atomic mass is 10.2. The summed E-state index contributed by atoms with van der Waals surface area (Å²) in [6.07, 6.45) is 4.53. The Balaban J connectivity index is 1.27. The minimum Gasteiger partial charge on any atom is -0.407 e. The average molecular weight is 403 g/mol. The molecule has 0 atom stereocenters. The first-order chi connectivity index (χ1) is 14.6. The van der Waals surface area contributed by atoms with E-state index in [0.29, 0.717) is 19.4 Å². The molecule has 0 saturated heterocycles. The van der Waals surface area contributed by atoms with Crippen molar-refractivity contribution in [1.82, 2.24) is 20.6 Å². The molecule has 0 unspecified atom stereocenters. The van der Waals surface area contributed by atoms with Crippen molar-refractivity contribution in [3.63, 3.8) is 0 Å². The summed E-state index contributed by atoms with van der Waals surface area (Å²) in [5.74, 6) is -0.00865. The van der Waals surface area contributed by atoms with Crippen LogP contribution >= 0.6 is 0 Å². The third-order valence-corrected chi connectivity index (χ3v) is 4.74. The molecule has 1 aliphatic rings. The quantitative estimate of drug-likeness (QED) is 0.560. The van der Waals surface area contributed by atoms with Gasteiger partial charge in [0.15, 0.2) is 5.75 Å². The Hall–Kier alpha value is -3.94. The van der Waals surface area contributed by atoms with E-state index in [0.717, 1.165) is 16.9 Å². The number of hydrogen-bond donors (Lipinski definition) is 3. The number of ether oxygens (including phenoxy) is 1. The number of benzene rings is 2. The second-order valence-corrected chi connectivity index (χ2v) is 7.04. The Kier molecular flexibility index (Phi) is 5.56. The van der Waals surface area contributed by atoms with E-state index in [1.165, 1.54) is 18.7 Å². The molecule has 152 valence electrons. The second kappa shape index (κ2) is 8.60. The third kappa shape index (κ3) is 4.91. The Labute approximate surface area is 173 Å². The number of hydrogen-bond acceptors (Lipinski definition) is 6. The summed E-state index contributed by atoms with van der Waals surface area (Å²) >= 11 is 0. The van der Waals surface area contributed by atoms with Gasteiger partial charge in [0.2, 0.25) is 5.91 Å². The molecule has 1 aliphatic carbocycles. The smallest absolute Gasteiger partial charge is 0.407 e. The van der Waals surface area contributed by atoms with Crippen molar-refractivity contribution in [2.75, 3.05) is 5.32 Å². The fourth-order valence-corrected chi connectivity index (χ4v) is 2.95. The third-order valence-electron chi connectivity index (χ3n) is 4.74. The zero-order valence-corrected chi connectivity index (χ0v) is 16.2. The number of nitrogens with one attached hydrogen (secondary N) is 3. The Bertz CT molecular complexity index is 1010. The molecule has 1 fully saturated rings. The molecule has 0 aliphatic heterocycles. The van der Waals surface area contributed by atoms with Crippen LogP contribution in [-0.4, -0.2) is 27.5 Å². The lowest BCUT2D eigenvalue weighted by Crippen LogP contribution is -2.49. The highest BCUT2D eigenvalue weighted by Gasteiger charge is 2.51. The SMILES string of the molecule is O=C(NC1(C(=O)NCc2ccc(Nc3ccccc3)cc2)CC1)Oc1cncnc1. The lowest BCUT2D eigenvalue weighted by molar-refractivity contribution is -0.124. The summed E-state index contributed by atoms with van der Waals surface area (Å²) in [6.45, 7) is 0.370. The lowest BCUT2D eigenvalue weighted by Gasteiger charge is -2.17. The second-order valence-electron chi connectivity index (χ2n) is 7.04. The van der Waals surface area contributed by atoms with Gasteiger partial charge in [-0.25, -0.2) is 14.8 Å². The molecule has 0 spiro atoms. The molecule has 8 heteroatoms. The summed E-state index contributed by atoms with van der Waals surface area (Å²) in [7, 11) is 0. The van der Waals surface area contributed by atoms with E-state index in [1.807, 2.05) is 54.6 Å². The number of rotatable bonds is 7. The van der Waals surface area contributed by atoms with Gasteiger partial charge in [0.25, 0.3) is 0 Å². The van der Waals surface area contributed by atoms with Crippen molar-refractivity contribution in [2.45, 2.75) is 24.9 Å². The van der Waals surface area contributed by atoms with Crippen LogP contribution in [0.5, 0.6) is 5.75 Å². The average Bonchev–Trinajstić information content (AvgIpc) is 3.55. The summed E-state index contributed by atoms with van der Waals surface area (Å²) in [4.78, 5) is 32.2. The highest BCUT2D eigenvalue weighted by Crippen LogP contribution is 2.35. The van der Waals surface area contributed by atoms with E-state index in [2.05, 4.69) is 25.9 Å². The monoisotopic (exact) mass is 403 g/mol. The molecular formula is C22H21N5O3. The van der Waals surface area contributed by atoms with Crippen molar-refractivity contribution < 1.29 is 14.3 Å². The molecule has 1 heterocycles. The van der Waals surface area contributed by atoms with Crippen LogP contribution in [0.15, 0.2) is 73.3 Å². The molecule has 30 heavy (non-hydrogen) atoms. The number of amides is 2. The van der Waals surface area contributed by atoms with Crippen LogP contribution in [-0.2, 0) is 11.3 Å². The van der Waals surface area contributed by atoms with E-state index in [9.17, 15) is 9.59 Å². The van der Waals surface area contributed by atoms with Crippen LogP contribution in [0.3, 0.4) is 0 Å². The standard InChI is InChI=1S/C22H21N5O3/c28-20(22(10-11-22)27-21(29)30-19-13-23-15-24-14-19)25-12-16-6-8-18(9-7-16)26-17-4-2-1-3-5-17/h1-9,13-15,26H,10-12H2,(H,25,28)(H,27,29). The van der Waals surface area contributed by atoms with Gasteiger partial charge in [0, 0.05) is 17.9 Å². The number of carbonyl (C=O) groups is 2. The van der Waals surface area contributed by atoms with Crippen LogP contribution in [0.2, 0.25) is 0 Å². The first kappa shape index (κ1) is 19.4. The van der Waals surface area contributed by atoms with E-state index in [4.69, 9.17) is 4.74 Å². The normalized spacial score (nSPS) is 13.7. The molecule has 8 nitrogen and oxygen atoms in total. The summed E-state index contributed by atoms with van der Waals surface area (Å²) in [5, 5.41) is 8.85. The molecule has 2 aromatic carbocycles. The highest BCUT2D eigenvalue weighted by molar-refractivity contribution is 5.93. The van der Waals surface area contributed by atoms with Gasteiger partial charge < -0.3 is 20.7 Å². The molecule has 3 aromatic rings. The van der Waals surface area contributed by atoms with E-state index in [-0.39, 0.29) is 11.7 Å². The fourth-order valence-electron chi connectivity index (χ4n) is 2.95. The van der Waals surface area contributed by atoms with Gasteiger partial charge in [-0.05, 0) is 42.7 Å². The maximum Gasteiger partial charge on any atom is 0.413 e. The van der Waals surface area contributed by atoms with Gasteiger partial charge in [-0.1, -0.05) is 30.3 Å². The van der Waals surface area contributed by atoms with Crippen LogP contribution in [0.4, 0.5) is 16.2 Å².